The van der Waals surface area contributed by atoms with Crippen molar-refractivity contribution in [2.45, 2.75) is 26.8 Å². The molecule has 0 fully saturated rings. The topological polar surface area (TPSA) is 72.6 Å². The molecule has 0 saturated heterocycles. The zero-order chi connectivity index (χ0) is 15.7. The normalized spacial score (nSPS) is 9.50. The predicted octanol–water partition coefficient (Wildman–Crippen LogP) is 2.32. The third-order valence-electron chi connectivity index (χ3n) is 2.25. The number of halogens is 1. The van der Waals surface area contributed by atoms with Crippen LogP contribution in [0, 0.1) is 0 Å². The minimum absolute atomic E-state index is 0.0557. The average Bonchev–Trinajstić information content (AvgIpc) is 2.38. The molecule has 0 bridgehead atoms. The van der Waals surface area contributed by atoms with Crippen LogP contribution in [0.4, 0.5) is 5.69 Å². The summed E-state index contributed by atoms with van der Waals surface area (Å²) >= 11 is 3.19. The number of benzene rings is 1. The van der Waals surface area contributed by atoms with E-state index in [2.05, 4.69) is 21.7 Å². The summed E-state index contributed by atoms with van der Waals surface area (Å²) in [6, 6.07) is 7.62. The number of carbonyl (C=O) groups is 2. The number of hydrogen-bond donors (Lipinski definition) is 1. The van der Waals surface area contributed by atoms with Gasteiger partial charge in [-0.05, 0) is 38.1 Å². The van der Waals surface area contributed by atoms with Crippen LogP contribution in [-0.2, 0) is 9.59 Å². The maximum absolute atomic E-state index is 11.8. The Morgan fingerprint density at radius 2 is 1.75 bits per heavy atom. The van der Waals surface area contributed by atoms with Crippen molar-refractivity contribution in [1.82, 2.24) is 0 Å². The predicted molar refractivity (Wildman–Crippen MR) is 84.3 cm³/mol. The van der Waals surface area contributed by atoms with Gasteiger partial charge in [0, 0.05) is 18.7 Å². The van der Waals surface area contributed by atoms with Gasteiger partial charge in [0.15, 0.2) is 0 Å². The molecule has 20 heavy (non-hydrogen) atoms. The number of nitrogens with zero attached hydrogens (tertiary/aromatic N) is 1. The van der Waals surface area contributed by atoms with E-state index in [0.717, 1.165) is 11.4 Å². The van der Waals surface area contributed by atoms with Crippen molar-refractivity contribution in [2.75, 3.05) is 17.3 Å². The largest absolute Gasteiger partial charge is 0.497 e. The molecule has 112 valence electrons. The van der Waals surface area contributed by atoms with E-state index in [1.807, 2.05) is 38.1 Å². The van der Waals surface area contributed by atoms with Crippen LogP contribution >= 0.6 is 15.9 Å². The van der Waals surface area contributed by atoms with Gasteiger partial charge in [-0.2, -0.15) is 0 Å². The molecular weight excluding hydrogens is 324 g/mol. The molecule has 0 unspecified atom stereocenters. The second-order valence-electron chi connectivity index (χ2n) is 4.30. The Balaban J connectivity index is 0.000000796. The third-order valence-corrected chi connectivity index (χ3v) is 2.73. The van der Waals surface area contributed by atoms with E-state index in [4.69, 9.17) is 4.74 Å². The van der Waals surface area contributed by atoms with Gasteiger partial charge in [-0.15, -0.1) is 0 Å². The summed E-state index contributed by atoms with van der Waals surface area (Å²) in [4.78, 5) is 22.7. The molecule has 0 atom stereocenters. The van der Waals surface area contributed by atoms with Crippen LogP contribution in [0.2, 0.25) is 0 Å². The van der Waals surface area contributed by atoms with E-state index in [1.165, 1.54) is 6.92 Å². The lowest BCUT2D eigenvalue weighted by molar-refractivity contribution is -0.117. The molecule has 0 heterocycles. The lowest BCUT2D eigenvalue weighted by Crippen LogP contribution is -2.37. The number of rotatable bonds is 4. The molecule has 1 rings (SSSR count). The van der Waals surface area contributed by atoms with Gasteiger partial charge < -0.3 is 15.4 Å². The van der Waals surface area contributed by atoms with Crippen LogP contribution in [-0.4, -0.2) is 30.3 Å². The molecule has 0 aliphatic rings. The van der Waals surface area contributed by atoms with Gasteiger partial charge in [0.1, 0.15) is 5.75 Å². The van der Waals surface area contributed by atoms with Crippen molar-refractivity contribution in [3.63, 3.8) is 0 Å². The van der Waals surface area contributed by atoms with Crippen LogP contribution in [0.3, 0.4) is 0 Å². The number of primary amides is 1. The molecule has 0 spiro atoms. The smallest absolute Gasteiger partial charge is 0.237 e. The quantitative estimate of drug-likeness (QED) is 0.852. The Morgan fingerprint density at radius 3 is 2.05 bits per heavy atom. The fraction of sp³-hybridized carbons (Fsp3) is 0.429. The highest BCUT2D eigenvalue weighted by Crippen LogP contribution is 2.21. The number of anilines is 1. The van der Waals surface area contributed by atoms with E-state index in [1.54, 1.807) is 12.0 Å². The van der Waals surface area contributed by atoms with Gasteiger partial charge in [-0.3, -0.25) is 9.59 Å². The summed E-state index contributed by atoms with van der Waals surface area (Å²) in [5.74, 6) is 0.513. The summed E-state index contributed by atoms with van der Waals surface area (Å²) in [5.41, 5.74) is 5.36. The van der Waals surface area contributed by atoms with Crippen molar-refractivity contribution in [2.24, 2.45) is 5.73 Å². The highest BCUT2D eigenvalue weighted by molar-refractivity contribution is 9.09. The van der Waals surface area contributed by atoms with Gasteiger partial charge in [0.25, 0.3) is 0 Å². The second kappa shape index (κ2) is 9.36. The zero-order valence-electron chi connectivity index (χ0n) is 12.2. The van der Waals surface area contributed by atoms with Crippen molar-refractivity contribution < 1.29 is 14.3 Å². The molecule has 1 aromatic rings. The average molecular weight is 345 g/mol. The van der Waals surface area contributed by atoms with Crippen LogP contribution < -0.4 is 15.4 Å². The van der Waals surface area contributed by atoms with E-state index in [9.17, 15) is 9.59 Å². The summed E-state index contributed by atoms with van der Waals surface area (Å²) in [7, 11) is 1.62. The van der Waals surface area contributed by atoms with Gasteiger partial charge in [-0.25, -0.2) is 0 Å². The number of hydrogen-bond acceptors (Lipinski definition) is 3. The first-order valence-electron chi connectivity index (χ1n) is 6.11. The molecule has 5 nitrogen and oxygen atoms in total. The zero-order valence-corrected chi connectivity index (χ0v) is 13.8. The number of nitrogens with two attached hydrogens (primary N) is 1. The van der Waals surface area contributed by atoms with Gasteiger partial charge in [0.2, 0.25) is 11.8 Å². The standard InChI is InChI=1S/C12H16BrNO2.C2H5NO/c1-9(2)14(12(15)8-13)10-4-6-11(16-3)7-5-10;1-2(3)4/h4-7,9H,8H2,1-3H3;1H3,(H2,3,4). The van der Waals surface area contributed by atoms with E-state index in [-0.39, 0.29) is 17.9 Å². The molecule has 0 saturated carbocycles. The Bertz CT molecular complexity index is 429. The van der Waals surface area contributed by atoms with Crippen molar-refractivity contribution in [1.29, 1.82) is 0 Å². The van der Waals surface area contributed by atoms with E-state index < -0.39 is 0 Å². The summed E-state index contributed by atoms with van der Waals surface area (Å²) in [6.07, 6.45) is 0. The molecule has 1 aromatic carbocycles. The van der Waals surface area contributed by atoms with Crippen LogP contribution in [0.5, 0.6) is 5.75 Å². The number of methoxy groups -OCH3 is 1. The van der Waals surface area contributed by atoms with E-state index in [0.29, 0.717) is 5.33 Å². The molecule has 0 aliphatic carbocycles. The number of ether oxygens (including phenoxy) is 1. The fourth-order valence-electron chi connectivity index (χ4n) is 1.54. The lowest BCUT2D eigenvalue weighted by atomic mass is 10.2. The van der Waals surface area contributed by atoms with Crippen molar-refractivity contribution >= 4 is 33.4 Å². The summed E-state index contributed by atoms with van der Waals surface area (Å²) in [5, 5.41) is 0.331. The van der Waals surface area contributed by atoms with Gasteiger partial charge >= 0.3 is 0 Å². The van der Waals surface area contributed by atoms with Gasteiger partial charge in [-0.1, -0.05) is 15.9 Å². The molecule has 0 aliphatic heterocycles. The lowest BCUT2D eigenvalue weighted by Gasteiger charge is -2.26. The number of amides is 2. The fourth-order valence-corrected chi connectivity index (χ4v) is 1.81. The molecule has 6 heteroatoms. The maximum atomic E-state index is 11.8. The maximum Gasteiger partial charge on any atom is 0.237 e. The van der Waals surface area contributed by atoms with Crippen LogP contribution in [0.15, 0.2) is 24.3 Å². The molecule has 0 aromatic heterocycles. The minimum atomic E-state index is -0.333. The van der Waals surface area contributed by atoms with Crippen LogP contribution in [0.1, 0.15) is 20.8 Å². The highest BCUT2D eigenvalue weighted by atomic mass is 79.9. The Morgan fingerprint density at radius 1 is 1.30 bits per heavy atom. The highest BCUT2D eigenvalue weighted by Gasteiger charge is 2.17. The van der Waals surface area contributed by atoms with Crippen molar-refractivity contribution in [3.8, 4) is 5.75 Å². The van der Waals surface area contributed by atoms with Crippen molar-refractivity contribution in [3.05, 3.63) is 24.3 Å². The first-order chi connectivity index (χ1) is 9.33. The van der Waals surface area contributed by atoms with Gasteiger partial charge in [0.05, 0.1) is 12.4 Å². The summed E-state index contributed by atoms with van der Waals surface area (Å²) < 4.78 is 5.08. The number of carbonyl (C=O) groups excluding carboxylic acids is 2. The van der Waals surface area contributed by atoms with E-state index >= 15 is 0 Å². The van der Waals surface area contributed by atoms with Crippen LogP contribution in [0.25, 0.3) is 0 Å². The third kappa shape index (κ3) is 6.56. The first-order valence-corrected chi connectivity index (χ1v) is 7.23. The molecule has 2 amide bonds. The molecular formula is C14H21BrN2O3. The first kappa shape index (κ1) is 18.4. The SMILES string of the molecule is CC(N)=O.COc1ccc(N(C(=O)CBr)C(C)C)cc1. The Kier molecular flexibility index (Phi) is 8.63. The Labute approximate surface area is 128 Å². The second-order valence-corrected chi connectivity index (χ2v) is 4.86. The molecule has 0 radical (unpaired) electrons. The summed E-state index contributed by atoms with van der Waals surface area (Å²) in [6.45, 7) is 5.29. The minimum Gasteiger partial charge on any atom is -0.497 e. The number of alkyl halides is 1. The Hall–Kier alpha value is -1.56. The molecule has 2 N–H and O–H groups in total. The monoisotopic (exact) mass is 344 g/mol.